The fourth-order valence-corrected chi connectivity index (χ4v) is 2.40. The normalized spacial score (nSPS) is 18.8. The van der Waals surface area contributed by atoms with Gasteiger partial charge in [-0.1, -0.05) is 12.1 Å². The molecule has 1 N–H and O–H groups in total. The standard InChI is InChI=1S/C15H16FN3O2/c1-10-8-13(18-17-10)15(20)19-6-7-21-14(9-19)11-2-4-12(16)5-3-11/h2-5,8,14H,6-7,9H2,1H3,(H,17,18)/t14-/m0/s1. The van der Waals surface area contributed by atoms with Crippen molar-refractivity contribution < 1.29 is 13.9 Å². The van der Waals surface area contributed by atoms with Crippen LogP contribution in [0.5, 0.6) is 0 Å². The average Bonchev–Trinajstić information content (AvgIpc) is 2.94. The van der Waals surface area contributed by atoms with Crippen LogP contribution in [-0.4, -0.2) is 40.7 Å². The molecule has 5 nitrogen and oxygen atoms in total. The van der Waals surface area contributed by atoms with E-state index in [4.69, 9.17) is 4.74 Å². The second-order valence-electron chi connectivity index (χ2n) is 5.10. The summed E-state index contributed by atoms with van der Waals surface area (Å²) >= 11 is 0. The van der Waals surface area contributed by atoms with Crippen molar-refractivity contribution in [1.29, 1.82) is 0 Å². The minimum absolute atomic E-state index is 0.116. The Bertz CT molecular complexity index is 639. The average molecular weight is 289 g/mol. The number of ether oxygens (including phenoxy) is 1. The highest BCUT2D eigenvalue weighted by molar-refractivity contribution is 5.92. The molecule has 110 valence electrons. The van der Waals surface area contributed by atoms with Gasteiger partial charge in [-0.25, -0.2) is 4.39 Å². The molecular formula is C15H16FN3O2. The van der Waals surface area contributed by atoms with Crippen molar-refractivity contribution in [2.24, 2.45) is 0 Å². The van der Waals surface area contributed by atoms with Gasteiger partial charge in [0.25, 0.3) is 5.91 Å². The number of halogens is 1. The fourth-order valence-electron chi connectivity index (χ4n) is 2.40. The maximum absolute atomic E-state index is 13.0. The summed E-state index contributed by atoms with van der Waals surface area (Å²) in [6.45, 7) is 3.28. The van der Waals surface area contributed by atoms with E-state index in [9.17, 15) is 9.18 Å². The number of rotatable bonds is 2. The molecule has 3 rings (SSSR count). The number of hydrogen-bond donors (Lipinski definition) is 1. The van der Waals surface area contributed by atoms with Crippen molar-refractivity contribution in [1.82, 2.24) is 15.1 Å². The molecular weight excluding hydrogens is 273 g/mol. The molecule has 1 aromatic carbocycles. The zero-order valence-corrected chi connectivity index (χ0v) is 11.7. The second-order valence-corrected chi connectivity index (χ2v) is 5.10. The third-order valence-electron chi connectivity index (χ3n) is 3.52. The SMILES string of the molecule is Cc1cc(C(=O)N2CCO[C@H](c3ccc(F)cc3)C2)n[nH]1. The van der Waals surface area contributed by atoms with Crippen LogP contribution in [-0.2, 0) is 4.74 Å². The highest BCUT2D eigenvalue weighted by Gasteiger charge is 2.27. The van der Waals surface area contributed by atoms with Crippen molar-refractivity contribution in [3.8, 4) is 0 Å². The smallest absolute Gasteiger partial charge is 0.274 e. The number of aryl methyl sites for hydroxylation is 1. The summed E-state index contributed by atoms with van der Waals surface area (Å²) in [6.07, 6.45) is -0.233. The first-order valence-corrected chi connectivity index (χ1v) is 6.82. The van der Waals surface area contributed by atoms with Crippen molar-refractivity contribution >= 4 is 5.91 Å². The number of hydrogen-bond acceptors (Lipinski definition) is 3. The number of H-pyrrole nitrogens is 1. The van der Waals surface area contributed by atoms with Crippen LogP contribution in [0.25, 0.3) is 0 Å². The number of amides is 1. The Hall–Kier alpha value is -2.21. The second kappa shape index (κ2) is 5.65. The van der Waals surface area contributed by atoms with Crippen molar-refractivity contribution in [2.75, 3.05) is 19.7 Å². The van der Waals surface area contributed by atoms with Crippen LogP contribution >= 0.6 is 0 Å². The third-order valence-corrected chi connectivity index (χ3v) is 3.52. The van der Waals surface area contributed by atoms with E-state index in [2.05, 4.69) is 10.2 Å². The predicted molar refractivity (Wildman–Crippen MR) is 74.3 cm³/mol. The zero-order chi connectivity index (χ0) is 14.8. The number of carbonyl (C=O) groups is 1. The number of morpholine rings is 1. The summed E-state index contributed by atoms with van der Waals surface area (Å²) in [6, 6.07) is 7.90. The molecule has 2 heterocycles. The van der Waals surface area contributed by atoms with E-state index in [1.165, 1.54) is 12.1 Å². The van der Waals surface area contributed by atoms with Crippen LogP contribution < -0.4 is 0 Å². The Morgan fingerprint density at radius 1 is 1.43 bits per heavy atom. The van der Waals surface area contributed by atoms with Crippen LogP contribution in [0.3, 0.4) is 0 Å². The molecule has 1 fully saturated rings. The molecule has 0 spiro atoms. The molecule has 0 bridgehead atoms. The number of aromatic nitrogens is 2. The van der Waals surface area contributed by atoms with Crippen LogP contribution in [0.4, 0.5) is 4.39 Å². The largest absolute Gasteiger partial charge is 0.370 e. The summed E-state index contributed by atoms with van der Waals surface area (Å²) in [5, 5.41) is 6.76. The Kier molecular flexibility index (Phi) is 3.70. The van der Waals surface area contributed by atoms with Crippen LogP contribution in [0, 0.1) is 12.7 Å². The summed E-state index contributed by atoms with van der Waals surface area (Å²) in [5.74, 6) is -0.399. The molecule has 1 aromatic heterocycles. The van der Waals surface area contributed by atoms with Gasteiger partial charge in [-0.3, -0.25) is 9.89 Å². The first-order valence-electron chi connectivity index (χ1n) is 6.82. The molecule has 1 aliphatic rings. The number of carbonyl (C=O) groups excluding carboxylic acids is 1. The number of nitrogens with zero attached hydrogens (tertiary/aromatic N) is 2. The molecule has 1 amide bonds. The van der Waals surface area contributed by atoms with Crippen LogP contribution in [0.1, 0.15) is 27.8 Å². The Labute approximate surface area is 121 Å². The van der Waals surface area contributed by atoms with E-state index in [0.29, 0.717) is 25.4 Å². The minimum Gasteiger partial charge on any atom is -0.370 e. The lowest BCUT2D eigenvalue weighted by molar-refractivity contribution is -0.0230. The van der Waals surface area contributed by atoms with Gasteiger partial charge in [0, 0.05) is 12.2 Å². The molecule has 0 radical (unpaired) electrons. The highest BCUT2D eigenvalue weighted by Crippen LogP contribution is 2.23. The van der Waals surface area contributed by atoms with Gasteiger partial charge in [-0.15, -0.1) is 0 Å². The summed E-state index contributed by atoms with van der Waals surface area (Å²) in [7, 11) is 0. The number of nitrogens with one attached hydrogen (secondary N) is 1. The van der Waals surface area contributed by atoms with Gasteiger partial charge in [0.2, 0.25) is 0 Å². The highest BCUT2D eigenvalue weighted by atomic mass is 19.1. The van der Waals surface area contributed by atoms with Gasteiger partial charge in [0.1, 0.15) is 17.6 Å². The zero-order valence-electron chi connectivity index (χ0n) is 11.7. The van der Waals surface area contributed by atoms with E-state index in [1.54, 1.807) is 23.1 Å². The van der Waals surface area contributed by atoms with Gasteiger partial charge in [0.15, 0.2) is 0 Å². The van der Waals surface area contributed by atoms with Crippen LogP contribution in [0.15, 0.2) is 30.3 Å². The Morgan fingerprint density at radius 3 is 2.86 bits per heavy atom. The molecule has 1 atom stereocenters. The van der Waals surface area contributed by atoms with E-state index in [0.717, 1.165) is 11.3 Å². The quantitative estimate of drug-likeness (QED) is 0.920. The molecule has 6 heteroatoms. The Morgan fingerprint density at radius 2 is 2.19 bits per heavy atom. The van der Waals surface area contributed by atoms with Gasteiger partial charge in [-0.2, -0.15) is 5.10 Å². The maximum atomic E-state index is 13.0. The molecule has 2 aromatic rings. The lowest BCUT2D eigenvalue weighted by Crippen LogP contribution is -2.42. The van der Waals surface area contributed by atoms with Gasteiger partial charge in [-0.05, 0) is 30.7 Å². The first-order chi connectivity index (χ1) is 10.1. The van der Waals surface area contributed by atoms with Crippen molar-refractivity contribution in [3.05, 3.63) is 53.1 Å². The van der Waals surface area contributed by atoms with Gasteiger partial charge in [0.05, 0.1) is 13.2 Å². The van der Waals surface area contributed by atoms with Gasteiger partial charge >= 0.3 is 0 Å². The molecule has 0 unspecified atom stereocenters. The molecule has 1 saturated heterocycles. The fraction of sp³-hybridized carbons (Fsp3) is 0.333. The first kappa shape index (κ1) is 13.8. The summed E-state index contributed by atoms with van der Waals surface area (Å²) < 4.78 is 18.6. The van der Waals surface area contributed by atoms with E-state index >= 15 is 0 Å². The van der Waals surface area contributed by atoms with E-state index in [1.807, 2.05) is 6.92 Å². The minimum atomic E-state index is -0.283. The number of benzene rings is 1. The van der Waals surface area contributed by atoms with Crippen molar-refractivity contribution in [3.63, 3.8) is 0 Å². The number of aromatic amines is 1. The van der Waals surface area contributed by atoms with Gasteiger partial charge < -0.3 is 9.64 Å². The third kappa shape index (κ3) is 2.95. The molecule has 21 heavy (non-hydrogen) atoms. The van der Waals surface area contributed by atoms with E-state index < -0.39 is 0 Å². The molecule has 1 aliphatic heterocycles. The molecule has 0 aliphatic carbocycles. The lowest BCUT2D eigenvalue weighted by Gasteiger charge is -2.32. The molecule has 0 saturated carbocycles. The Balaban J connectivity index is 1.73. The van der Waals surface area contributed by atoms with Crippen molar-refractivity contribution in [2.45, 2.75) is 13.0 Å². The lowest BCUT2D eigenvalue weighted by atomic mass is 10.1. The monoisotopic (exact) mass is 289 g/mol. The summed E-state index contributed by atoms with van der Waals surface area (Å²) in [5.41, 5.74) is 2.13. The van der Waals surface area contributed by atoms with Crippen LogP contribution in [0.2, 0.25) is 0 Å². The summed E-state index contributed by atoms with van der Waals surface area (Å²) in [4.78, 5) is 14.1. The predicted octanol–water partition coefficient (Wildman–Crippen LogP) is 2.07. The van der Waals surface area contributed by atoms with E-state index in [-0.39, 0.29) is 17.8 Å². The topological polar surface area (TPSA) is 58.2 Å². The maximum Gasteiger partial charge on any atom is 0.274 e.